The number of pyridine rings is 1. The van der Waals surface area contributed by atoms with Crippen LogP contribution in [0.4, 0.5) is 0 Å². The summed E-state index contributed by atoms with van der Waals surface area (Å²) in [5, 5.41) is 0. The van der Waals surface area contributed by atoms with E-state index in [4.69, 9.17) is 10.6 Å². The number of hydrogen-bond acceptors (Lipinski definition) is 4. The molecule has 0 aliphatic carbocycles. The van der Waals surface area contributed by atoms with Gasteiger partial charge in [0.25, 0.3) is 0 Å². The predicted molar refractivity (Wildman–Crippen MR) is 60.1 cm³/mol. The largest absolute Gasteiger partial charge is 0.377 e. The molecule has 0 saturated carbocycles. The molecule has 0 amide bonds. The number of hydrazine groups is 1. The van der Waals surface area contributed by atoms with Gasteiger partial charge < -0.3 is 4.74 Å². The number of nitrogens with one attached hydrogen (secondary N) is 1. The Hall–Kier alpha value is -0.970. The summed E-state index contributed by atoms with van der Waals surface area (Å²) in [6.45, 7) is 6.51. The lowest BCUT2D eigenvalue weighted by molar-refractivity contribution is 0.0611. The van der Waals surface area contributed by atoms with Gasteiger partial charge in [0.15, 0.2) is 0 Å². The molecule has 0 bridgehead atoms. The highest BCUT2D eigenvalue weighted by molar-refractivity contribution is 5.17. The first-order valence-electron chi connectivity index (χ1n) is 5.13. The SMILES string of the molecule is Cc1ccc(C(COC(C)C)NN)cn1. The summed E-state index contributed by atoms with van der Waals surface area (Å²) >= 11 is 0. The zero-order valence-corrected chi connectivity index (χ0v) is 9.53. The van der Waals surface area contributed by atoms with Crippen LogP contribution < -0.4 is 11.3 Å². The summed E-state index contributed by atoms with van der Waals surface area (Å²) in [6.07, 6.45) is 2.03. The molecule has 1 atom stereocenters. The van der Waals surface area contributed by atoms with E-state index in [1.807, 2.05) is 39.1 Å². The fourth-order valence-electron chi connectivity index (χ4n) is 1.21. The highest BCUT2D eigenvalue weighted by Crippen LogP contribution is 2.12. The topological polar surface area (TPSA) is 60.2 Å². The minimum absolute atomic E-state index is 0.000463. The first kappa shape index (κ1) is 12.1. The van der Waals surface area contributed by atoms with E-state index in [1.165, 1.54) is 0 Å². The van der Waals surface area contributed by atoms with Crippen molar-refractivity contribution in [3.63, 3.8) is 0 Å². The van der Waals surface area contributed by atoms with Crippen molar-refractivity contribution in [1.82, 2.24) is 10.4 Å². The number of ether oxygens (including phenoxy) is 1. The first-order valence-corrected chi connectivity index (χ1v) is 5.13. The van der Waals surface area contributed by atoms with Crippen molar-refractivity contribution in [3.05, 3.63) is 29.6 Å². The number of nitrogens with two attached hydrogens (primary N) is 1. The number of hydrogen-bond donors (Lipinski definition) is 2. The van der Waals surface area contributed by atoms with Crippen molar-refractivity contribution in [1.29, 1.82) is 0 Å². The van der Waals surface area contributed by atoms with Gasteiger partial charge in [0, 0.05) is 11.9 Å². The van der Waals surface area contributed by atoms with Gasteiger partial charge in [-0.2, -0.15) is 0 Å². The zero-order chi connectivity index (χ0) is 11.3. The van der Waals surface area contributed by atoms with Crippen molar-refractivity contribution in [2.45, 2.75) is 32.9 Å². The molecule has 0 fully saturated rings. The van der Waals surface area contributed by atoms with Gasteiger partial charge in [0.1, 0.15) is 0 Å². The molecule has 1 rings (SSSR count). The summed E-state index contributed by atoms with van der Waals surface area (Å²) in [4.78, 5) is 4.22. The molecule has 4 heteroatoms. The third-order valence-electron chi connectivity index (χ3n) is 2.13. The number of aryl methyl sites for hydroxylation is 1. The molecule has 1 aromatic rings. The molecule has 0 spiro atoms. The maximum atomic E-state index is 5.51. The van der Waals surface area contributed by atoms with Gasteiger partial charge in [0.2, 0.25) is 0 Å². The molecule has 15 heavy (non-hydrogen) atoms. The van der Waals surface area contributed by atoms with Crippen molar-refractivity contribution in [3.8, 4) is 0 Å². The van der Waals surface area contributed by atoms with E-state index in [-0.39, 0.29) is 12.1 Å². The average molecular weight is 209 g/mol. The lowest BCUT2D eigenvalue weighted by atomic mass is 10.1. The van der Waals surface area contributed by atoms with E-state index in [0.29, 0.717) is 6.61 Å². The Morgan fingerprint density at radius 1 is 1.47 bits per heavy atom. The molecule has 0 aromatic carbocycles. The van der Waals surface area contributed by atoms with Crippen LogP contribution in [0, 0.1) is 6.92 Å². The summed E-state index contributed by atoms with van der Waals surface area (Å²) in [5.41, 5.74) is 4.77. The zero-order valence-electron chi connectivity index (χ0n) is 9.53. The number of nitrogens with zero attached hydrogens (tertiary/aromatic N) is 1. The maximum Gasteiger partial charge on any atom is 0.0708 e. The predicted octanol–water partition coefficient (Wildman–Crippen LogP) is 1.32. The standard InChI is InChI=1S/C11H19N3O/c1-8(2)15-7-11(14-12)10-5-4-9(3)13-6-10/h4-6,8,11,14H,7,12H2,1-3H3. The highest BCUT2D eigenvalue weighted by Gasteiger charge is 2.10. The summed E-state index contributed by atoms with van der Waals surface area (Å²) in [6, 6.07) is 3.98. The molecule has 0 radical (unpaired) electrons. The molecule has 0 aliphatic heterocycles. The van der Waals surface area contributed by atoms with Gasteiger partial charge in [-0.3, -0.25) is 16.3 Å². The summed E-state index contributed by atoms with van der Waals surface area (Å²) in [7, 11) is 0. The Balaban J connectivity index is 2.61. The molecule has 1 aromatic heterocycles. The Morgan fingerprint density at radius 3 is 2.67 bits per heavy atom. The van der Waals surface area contributed by atoms with Gasteiger partial charge >= 0.3 is 0 Å². The van der Waals surface area contributed by atoms with Crippen LogP contribution in [0.25, 0.3) is 0 Å². The minimum Gasteiger partial charge on any atom is -0.377 e. The van der Waals surface area contributed by atoms with Crippen LogP contribution in [0.2, 0.25) is 0 Å². The van der Waals surface area contributed by atoms with Crippen LogP contribution in [-0.2, 0) is 4.74 Å². The van der Waals surface area contributed by atoms with Gasteiger partial charge in [-0.1, -0.05) is 6.07 Å². The van der Waals surface area contributed by atoms with Gasteiger partial charge in [-0.15, -0.1) is 0 Å². The quantitative estimate of drug-likeness (QED) is 0.567. The van der Waals surface area contributed by atoms with E-state index < -0.39 is 0 Å². The molecular weight excluding hydrogens is 190 g/mol. The fourth-order valence-corrected chi connectivity index (χ4v) is 1.21. The monoisotopic (exact) mass is 209 g/mol. The van der Waals surface area contributed by atoms with E-state index >= 15 is 0 Å². The molecule has 4 nitrogen and oxygen atoms in total. The van der Waals surface area contributed by atoms with E-state index in [1.54, 1.807) is 0 Å². The Morgan fingerprint density at radius 2 is 2.20 bits per heavy atom. The van der Waals surface area contributed by atoms with E-state index in [9.17, 15) is 0 Å². The maximum absolute atomic E-state index is 5.51. The molecule has 3 N–H and O–H groups in total. The van der Waals surface area contributed by atoms with Crippen molar-refractivity contribution in [2.75, 3.05) is 6.61 Å². The molecular formula is C11H19N3O. The van der Waals surface area contributed by atoms with Gasteiger partial charge in [-0.05, 0) is 32.4 Å². The highest BCUT2D eigenvalue weighted by atomic mass is 16.5. The second-order valence-electron chi connectivity index (χ2n) is 3.83. The minimum atomic E-state index is 0.000463. The van der Waals surface area contributed by atoms with Gasteiger partial charge in [-0.25, -0.2) is 0 Å². The number of aromatic nitrogens is 1. The van der Waals surface area contributed by atoms with Crippen LogP contribution in [-0.4, -0.2) is 17.7 Å². The first-order chi connectivity index (χ1) is 7.13. The smallest absolute Gasteiger partial charge is 0.0708 e. The third-order valence-corrected chi connectivity index (χ3v) is 2.13. The van der Waals surface area contributed by atoms with Gasteiger partial charge in [0.05, 0.1) is 18.8 Å². The second-order valence-corrected chi connectivity index (χ2v) is 3.83. The average Bonchev–Trinajstić information content (AvgIpc) is 2.21. The molecule has 1 unspecified atom stereocenters. The van der Waals surface area contributed by atoms with Crippen LogP contribution in [0.3, 0.4) is 0 Å². The van der Waals surface area contributed by atoms with Crippen LogP contribution >= 0.6 is 0 Å². The fraction of sp³-hybridized carbons (Fsp3) is 0.545. The van der Waals surface area contributed by atoms with E-state index in [0.717, 1.165) is 11.3 Å². The third kappa shape index (κ3) is 3.95. The summed E-state index contributed by atoms with van der Waals surface area (Å²) in [5.74, 6) is 5.47. The van der Waals surface area contributed by atoms with E-state index in [2.05, 4.69) is 10.4 Å². The lowest BCUT2D eigenvalue weighted by Crippen LogP contribution is -2.32. The van der Waals surface area contributed by atoms with Crippen molar-refractivity contribution >= 4 is 0 Å². The van der Waals surface area contributed by atoms with Crippen LogP contribution in [0.5, 0.6) is 0 Å². The Kier molecular flexibility index (Phi) is 4.68. The van der Waals surface area contributed by atoms with Crippen molar-refractivity contribution < 1.29 is 4.74 Å². The van der Waals surface area contributed by atoms with Crippen LogP contribution in [0.15, 0.2) is 18.3 Å². The van der Waals surface area contributed by atoms with Crippen molar-refractivity contribution in [2.24, 2.45) is 5.84 Å². The Labute approximate surface area is 90.8 Å². The lowest BCUT2D eigenvalue weighted by Gasteiger charge is -2.17. The number of rotatable bonds is 5. The normalized spacial score (nSPS) is 13.1. The molecule has 84 valence electrons. The van der Waals surface area contributed by atoms with Crippen LogP contribution in [0.1, 0.15) is 31.1 Å². The Bertz CT molecular complexity index is 284. The molecule has 0 saturated heterocycles. The summed E-state index contributed by atoms with van der Waals surface area (Å²) < 4.78 is 5.51. The molecule has 0 aliphatic rings. The second kappa shape index (κ2) is 5.80. The molecule has 1 heterocycles.